The second-order valence-electron chi connectivity index (χ2n) is 5.01. The molecule has 0 aromatic rings. The molecule has 18 heavy (non-hydrogen) atoms. The Morgan fingerprint density at radius 2 is 2.11 bits per heavy atom. The highest BCUT2D eigenvalue weighted by Crippen LogP contribution is 2.17. The molecule has 2 atom stereocenters. The molecule has 1 heterocycles. The quantitative estimate of drug-likeness (QED) is 0.504. The lowest BCUT2D eigenvalue weighted by Gasteiger charge is -2.25. The van der Waals surface area contributed by atoms with Crippen molar-refractivity contribution in [1.82, 2.24) is 4.90 Å². The molecule has 0 fully saturated rings. The molecular weight excluding hydrogens is 224 g/mol. The van der Waals surface area contributed by atoms with Crippen LogP contribution in [0.3, 0.4) is 0 Å². The van der Waals surface area contributed by atoms with Crippen molar-refractivity contribution in [2.75, 3.05) is 6.54 Å². The van der Waals surface area contributed by atoms with Crippen LogP contribution in [-0.2, 0) is 0 Å². The van der Waals surface area contributed by atoms with Crippen LogP contribution < -0.4 is 0 Å². The molecule has 2 unspecified atom stereocenters. The number of aliphatic hydroxyl groups is 1. The Kier molecular flexibility index (Phi) is 7.94. The second-order valence-corrected chi connectivity index (χ2v) is 5.01. The summed E-state index contributed by atoms with van der Waals surface area (Å²) in [4.78, 5) is 6.47. The van der Waals surface area contributed by atoms with Crippen LogP contribution in [0.1, 0.15) is 58.8 Å². The van der Waals surface area contributed by atoms with E-state index in [1.54, 1.807) is 0 Å². The molecule has 1 aliphatic heterocycles. The molecule has 0 bridgehead atoms. The van der Waals surface area contributed by atoms with E-state index in [0.29, 0.717) is 0 Å². The monoisotopic (exact) mass is 252 g/mol. The minimum atomic E-state index is -0.378. The fourth-order valence-corrected chi connectivity index (χ4v) is 2.34. The van der Waals surface area contributed by atoms with Gasteiger partial charge in [-0.15, -0.1) is 0 Å². The zero-order valence-electron chi connectivity index (χ0n) is 11.9. The summed E-state index contributed by atoms with van der Waals surface area (Å²) in [5.74, 6) is 0. The maximum Gasteiger partial charge on any atom is 0.106 e. The maximum absolute atomic E-state index is 9.58. The molecule has 104 valence electrons. The number of unbranched alkanes of at least 4 members (excludes halogenated alkanes) is 4. The Labute approximate surface area is 112 Å². The third kappa shape index (κ3) is 5.78. The average Bonchev–Trinajstić information content (AvgIpc) is 2.81. The average molecular weight is 252 g/mol. The standard InChI is InChI=1S/C15H28N2O/c1-3-4-5-6-7-8-9-10-11-15-16-12-13-17(15)14(2)18/h4-5,12,14-15,18H,3,6-11,13H2,1-2H3/b5-4+. The van der Waals surface area contributed by atoms with Gasteiger partial charge in [-0.25, -0.2) is 0 Å². The Hall–Kier alpha value is -0.670. The summed E-state index contributed by atoms with van der Waals surface area (Å²) >= 11 is 0. The van der Waals surface area contributed by atoms with E-state index in [1.165, 1.54) is 32.1 Å². The summed E-state index contributed by atoms with van der Waals surface area (Å²) in [7, 11) is 0. The van der Waals surface area contributed by atoms with Crippen molar-refractivity contribution in [3.8, 4) is 0 Å². The van der Waals surface area contributed by atoms with Crippen molar-refractivity contribution in [3.05, 3.63) is 12.2 Å². The topological polar surface area (TPSA) is 35.8 Å². The smallest absolute Gasteiger partial charge is 0.106 e. The van der Waals surface area contributed by atoms with E-state index in [0.717, 1.165) is 19.4 Å². The third-order valence-corrected chi connectivity index (χ3v) is 3.42. The van der Waals surface area contributed by atoms with Crippen LogP contribution in [-0.4, -0.2) is 35.2 Å². The highest BCUT2D eigenvalue weighted by molar-refractivity contribution is 5.62. The summed E-state index contributed by atoms with van der Waals surface area (Å²) in [6.07, 6.45) is 14.8. The van der Waals surface area contributed by atoms with E-state index in [1.807, 2.05) is 18.0 Å². The van der Waals surface area contributed by atoms with Crippen LogP contribution in [0, 0.1) is 0 Å². The predicted molar refractivity (Wildman–Crippen MR) is 77.8 cm³/mol. The number of allylic oxidation sites excluding steroid dienone is 2. The third-order valence-electron chi connectivity index (χ3n) is 3.42. The molecule has 1 aliphatic rings. The molecule has 0 aromatic heterocycles. The van der Waals surface area contributed by atoms with Crippen molar-refractivity contribution in [2.45, 2.75) is 71.2 Å². The number of aliphatic imine (C=N–C) groups is 1. The van der Waals surface area contributed by atoms with Crippen molar-refractivity contribution >= 4 is 6.21 Å². The van der Waals surface area contributed by atoms with Crippen molar-refractivity contribution in [3.63, 3.8) is 0 Å². The first-order chi connectivity index (χ1) is 8.75. The highest BCUT2D eigenvalue weighted by Gasteiger charge is 2.23. The van der Waals surface area contributed by atoms with Crippen molar-refractivity contribution < 1.29 is 5.11 Å². The second kappa shape index (κ2) is 9.29. The fraction of sp³-hybridized carbons (Fsp3) is 0.800. The predicted octanol–water partition coefficient (Wildman–Crippen LogP) is 3.34. The lowest BCUT2D eigenvalue weighted by atomic mass is 10.1. The summed E-state index contributed by atoms with van der Waals surface area (Å²) in [6.45, 7) is 4.79. The zero-order valence-corrected chi connectivity index (χ0v) is 11.9. The maximum atomic E-state index is 9.58. The Morgan fingerprint density at radius 3 is 2.83 bits per heavy atom. The van der Waals surface area contributed by atoms with E-state index in [-0.39, 0.29) is 12.4 Å². The number of rotatable bonds is 9. The van der Waals surface area contributed by atoms with Gasteiger partial charge < -0.3 is 5.11 Å². The Bertz CT molecular complexity index is 261. The van der Waals surface area contributed by atoms with E-state index < -0.39 is 0 Å². The molecule has 1 rings (SSSR count). The van der Waals surface area contributed by atoms with Gasteiger partial charge in [0.25, 0.3) is 0 Å². The fourth-order valence-electron chi connectivity index (χ4n) is 2.34. The number of aliphatic hydroxyl groups excluding tert-OH is 1. The highest BCUT2D eigenvalue weighted by atomic mass is 16.3. The SMILES string of the molecule is CC/C=C/CCCCCCC1N=CCN1C(C)O. The Balaban J connectivity index is 2.00. The number of hydrogen-bond donors (Lipinski definition) is 1. The van der Waals surface area contributed by atoms with Gasteiger partial charge >= 0.3 is 0 Å². The Morgan fingerprint density at radius 1 is 1.33 bits per heavy atom. The first-order valence-corrected chi connectivity index (χ1v) is 7.36. The summed E-state index contributed by atoms with van der Waals surface area (Å²) < 4.78 is 0. The van der Waals surface area contributed by atoms with Gasteiger partial charge in [-0.1, -0.05) is 31.9 Å². The molecule has 3 heteroatoms. The molecule has 1 N–H and O–H groups in total. The van der Waals surface area contributed by atoms with Gasteiger partial charge in [0, 0.05) is 12.8 Å². The number of nitrogens with zero attached hydrogens (tertiary/aromatic N) is 2. The minimum Gasteiger partial charge on any atom is -0.379 e. The summed E-state index contributed by atoms with van der Waals surface area (Å²) in [5.41, 5.74) is 0. The molecule has 0 amide bonds. The van der Waals surface area contributed by atoms with Gasteiger partial charge in [0.15, 0.2) is 0 Å². The van der Waals surface area contributed by atoms with E-state index in [9.17, 15) is 5.11 Å². The van der Waals surface area contributed by atoms with Crippen LogP contribution in [0.15, 0.2) is 17.1 Å². The summed E-state index contributed by atoms with van der Waals surface area (Å²) in [5, 5.41) is 9.58. The van der Waals surface area contributed by atoms with Crippen LogP contribution in [0.2, 0.25) is 0 Å². The van der Waals surface area contributed by atoms with Crippen LogP contribution in [0.25, 0.3) is 0 Å². The molecule has 3 nitrogen and oxygen atoms in total. The van der Waals surface area contributed by atoms with E-state index >= 15 is 0 Å². The minimum absolute atomic E-state index is 0.213. The van der Waals surface area contributed by atoms with E-state index in [4.69, 9.17) is 0 Å². The molecule has 0 saturated carbocycles. The van der Waals surface area contributed by atoms with Gasteiger partial charge in [0.2, 0.25) is 0 Å². The largest absolute Gasteiger partial charge is 0.379 e. The van der Waals surface area contributed by atoms with Gasteiger partial charge in [-0.3, -0.25) is 9.89 Å². The van der Waals surface area contributed by atoms with Gasteiger partial charge in [0.05, 0.1) is 0 Å². The van der Waals surface area contributed by atoms with Crippen molar-refractivity contribution in [2.24, 2.45) is 4.99 Å². The summed E-state index contributed by atoms with van der Waals surface area (Å²) in [6, 6.07) is 0. The normalized spacial score (nSPS) is 22.1. The van der Waals surface area contributed by atoms with Gasteiger partial charge in [-0.05, 0) is 39.0 Å². The first kappa shape index (κ1) is 15.4. The van der Waals surface area contributed by atoms with Crippen LogP contribution in [0.5, 0.6) is 0 Å². The van der Waals surface area contributed by atoms with Crippen LogP contribution in [0.4, 0.5) is 0 Å². The van der Waals surface area contributed by atoms with Crippen LogP contribution >= 0.6 is 0 Å². The lowest BCUT2D eigenvalue weighted by Crippen LogP contribution is -2.37. The van der Waals surface area contributed by atoms with Gasteiger partial charge in [0.1, 0.15) is 12.4 Å². The first-order valence-electron chi connectivity index (χ1n) is 7.36. The molecule has 0 aliphatic carbocycles. The molecule has 0 spiro atoms. The van der Waals surface area contributed by atoms with Gasteiger partial charge in [-0.2, -0.15) is 0 Å². The molecular formula is C15H28N2O. The molecule has 0 radical (unpaired) electrons. The molecule has 0 aromatic carbocycles. The molecule has 0 saturated heterocycles. The van der Waals surface area contributed by atoms with E-state index in [2.05, 4.69) is 24.1 Å². The van der Waals surface area contributed by atoms with Crippen molar-refractivity contribution in [1.29, 1.82) is 0 Å². The number of hydrogen-bond acceptors (Lipinski definition) is 3. The zero-order chi connectivity index (χ0) is 13.2. The lowest BCUT2D eigenvalue weighted by molar-refractivity contribution is 0.00710.